The summed E-state index contributed by atoms with van der Waals surface area (Å²) in [6.07, 6.45) is 2.82. The van der Waals surface area contributed by atoms with Crippen molar-refractivity contribution in [2.24, 2.45) is 5.92 Å². The number of benzene rings is 1. The van der Waals surface area contributed by atoms with Gasteiger partial charge >= 0.3 is 0 Å². The van der Waals surface area contributed by atoms with Gasteiger partial charge in [0.1, 0.15) is 5.75 Å². The molecule has 2 amide bonds. The monoisotopic (exact) mass is 357 g/mol. The number of nitrogens with one attached hydrogen (secondary N) is 1. The zero-order valence-electron chi connectivity index (χ0n) is 13.9. The van der Waals surface area contributed by atoms with E-state index in [-0.39, 0.29) is 24.3 Å². The molecule has 1 saturated carbocycles. The van der Waals surface area contributed by atoms with Crippen molar-refractivity contribution in [2.45, 2.75) is 26.2 Å². The predicted octanol–water partition coefficient (Wildman–Crippen LogP) is 3.29. The van der Waals surface area contributed by atoms with E-state index in [2.05, 4.69) is 10.3 Å². The minimum Gasteiger partial charge on any atom is -0.482 e. The summed E-state index contributed by atoms with van der Waals surface area (Å²) in [6, 6.07) is 5.74. The number of amides is 2. The molecule has 0 spiro atoms. The Morgan fingerprint density at radius 2 is 2.28 bits per heavy atom. The van der Waals surface area contributed by atoms with Crippen LogP contribution in [0.3, 0.4) is 0 Å². The van der Waals surface area contributed by atoms with E-state index in [1.54, 1.807) is 4.90 Å². The van der Waals surface area contributed by atoms with Gasteiger partial charge in [0.15, 0.2) is 11.7 Å². The number of fused-ring (bicyclic) bond motifs is 1. The highest BCUT2D eigenvalue weighted by Crippen LogP contribution is 2.37. The van der Waals surface area contributed by atoms with Gasteiger partial charge < -0.3 is 15.0 Å². The third kappa shape index (κ3) is 3.24. The Bertz CT molecular complexity index is 829. The van der Waals surface area contributed by atoms with Crippen LogP contribution in [0.5, 0.6) is 5.75 Å². The normalized spacial score (nSPS) is 16.4. The number of hydrogen-bond donors (Lipinski definition) is 1. The molecule has 0 radical (unpaired) electrons. The van der Waals surface area contributed by atoms with Gasteiger partial charge in [0.2, 0.25) is 5.91 Å². The highest BCUT2D eigenvalue weighted by molar-refractivity contribution is 7.14. The summed E-state index contributed by atoms with van der Waals surface area (Å²) >= 11 is 1.41. The SMILES string of the molecule is CCCN1C(=O)COc2ccc(-c3csc(NC(=O)C4CC4)n3)cc21. The Kier molecular flexibility index (Phi) is 4.17. The number of carbonyl (C=O) groups is 2. The second-order valence-corrected chi connectivity index (χ2v) is 7.18. The van der Waals surface area contributed by atoms with Crippen LogP contribution in [0.4, 0.5) is 10.8 Å². The van der Waals surface area contributed by atoms with Gasteiger partial charge in [-0.2, -0.15) is 0 Å². The van der Waals surface area contributed by atoms with Crippen LogP contribution in [0.1, 0.15) is 26.2 Å². The van der Waals surface area contributed by atoms with Gasteiger partial charge in [0.05, 0.1) is 11.4 Å². The Morgan fingerprint density at radius 3 is 3.04 bits per heavy atom. The fourth-order valence-electron chi connectivity index (χ4n) is 2.85. The summed E-state index contributed by atoms with van der Waals surface area (Å²) in [4.78, 5) is 30.3. The van der Waals surface area contributed by atoms with Crippen molar-refractivity contribution in [3.8, 4) is 17.0 Å². The molecule has 1 N–H and O–H groups in total. The molecule has 2 heterocycles. The number of nitrogens with zero attached hydrogens (tertiary/aromatic N) is 2. The summed E-state index contributed by atoms with van der Waals surface area (Å²) in [5.41, 5.74) is 2.47. The highest BCUT2D eigenvalue weighted by atomic mass is 32.1. The molecular weight excluding hydrogens is 338 g/mol. The first-order chi connectivity index (χ1) is 12.2. The average Bonchev–Trinajstić information content (AvgIpc) is 3.37. The lowest BCUT2D eigenvalue weighted by molar-refractivity contribution is -0.121. The quantitative estimate of drug-likeness (QED) is 0.891. The maximum atomic E-state index is 12.1. The van der Waals surface area contributed by atoms with Crippen molar-refractivity contribution in [3.05, 3.63) is 23.6 Å². The van der Waals surface area contributed by atoms with Gasteiger partial charge in [-0.1, -0.05) is 6.92 Å². The second kappa shape index (κ2) is 6.48. The molecule has 1 aromatic carbocycles. The number of thiazole rings is 1. The van der Waals surface area contributed by atoms with Crippen molar-refractivity contribution in [3.63, 3.8) is 0 Å². The molecule has 4 rings (SSSR count). The number of carbonyl (C=O) groups excluding carboxylic acids is 2. The Balaban J connectivity index is 1.60. The smallest absolute Gasteiger partial charge is 0.265 e. The van der Waals surface area contributed by atoms with E-state index >= 15 is 0 Å². The highest BCUT2D eigenvalue weighted by Gasteiger charge is 2.30. The first-order valence-corrected chi connectivity index (χ1v) is 9.37. The van der Waals surface area contributed by atoms with Crippen LogP contribution in [0.15, 0.2) is 23.6 Å². The van der Waals surface area contributed by atoms with Gasteiger partial charge in [0, 0.05) is 23.4 Å². The van der Waals surface area contributed by atoms with E-state index in [4.69, 9.17) is 4.74 Å². The van der Waals surface area contributed by atoms with Crippen LogP contribution in [-0.4, -0.2) is 29.9 Å². The summed E-state index contributed by atoms with van der Waals surface area (Å²) in [6.45, 7) is 2.79. The third-order valence-corrected chi connectivity index (χ3v) is 5.09. The van der Waals surface area contributed by atoms with E-state index in [1.165, 1.54) is 11.3 Å². The number of anilines is 2. The summed E-state index contributed by atoms with van der Waals surface area (Å²) in [5.74, 6) is 0.901. The molecule has 6 nitrogen and oxygen atoms in total. The lowest BCUT2D eigenvalue weighted by Gasteiger charge is -2.29. The maximum absolute atomic E-state index is 12.1. The lowest BCUT2D eigenvalue weighted by atomic mass is 10.1. The molecule has 0 bridgehead atoms. The van der Waals surface area contributed by atoms with Crippen molar-refractivity contribution in [1.29, 1.82) is 0 Å². The minimum atomic E-state index is -0.0258. The second-order valence-electron chi connectivity index (χ2n) is 6.32. The minimum absolute atomic E-state index is 0.0258. The fraction of sp³-hybridized carbons (Fsp3) is 0.389. The molecule has 7 heteroatoms. The maximum Gasteiger partial charge on any atom is 0.265 e. The Hall–Kier alpha value is -2.41. The first kappa shape index (κ1) is 16.1. The summed E-state index contributed by atoms with van der Waals surface area (Å²) in [7, 11) is 0. The molecule has 0 atom stereocenters. The molecule has 130 valence electrons. The molecule has 1 fully saturated rings. The van der Waals surface area contributed by atoms with E-state index in [9.17, 15) is 9.59 Å². The number of ether oxygens (including phenoxy) is 1. The molecule has 2 aliphatic rings. The average molecular weight is 357 g/mol. The number of aromatic nitrogens is 1. The standard InChI is InChI=1S/C18H19N3O3S/c1-2-7-21-14-8-12(5-6-15(14)24-9-16(21)22)13-10-25-18(19-13)20-17(23)11-3-4-11/h5-6,8,10-11H,2-4,7,9H2,1H3,(H,19,20,23). The molecule has 1 aliphatic carbocycles. The van der Waals surface area contributed by atoms with Crippen molar-refractivity contribution in [1.82, 2.24) is 4.98 Å². The van der Waals surface area contributed by atoms with Gasteiger partial charge in [0.25, 0.3) is 5.91 Å². The topological polar surface area (TPSA) is 71.5 Å². The first-order valence-electron chi connectivity index (χ1n) is 8.49. The van der Waals surface area contributed by atoms with E-state index in [1.807, 2.05) is 30.5 Å². The Morgan fingerprint density at radius 1 is 1.44 bits per heavy atom. The number of hydrogen-bond acceptors (Lipinski definition) is 5. The van der Waals surface area contributed by atoms with Crippen molar-refractivity contribution >= 4 is 34.0 Å². The van der Waals surface area contributed by atoms with Gasteiger partial charge in [-0.05, 0) is 37.5 Å². The lowest BCUT2D eigenvalue weighted by Crippen LogP contribution is -2.39. The van der Waals surface area contributed by atoms with Crippen LogP contribution >= 0.6 is 11.3 Å². The van der Waals surface area contributed by atoms with Gasteiger partial charge in [-0.15, -0.1) is 11.3 Å². The predicted molar refractivity (Wildman–Crippen MR) is 97.0 cm³/mol. The Labute approximate surface area is 149 Å². The van der Waals surface area contributed by atoms with E-state index in [0.717, 1.165) is 36.2 Å². The van der Waals surface area contributed by atoms with E-state index in [0.29, 0.717) is 17.4 Å². The molecule has 1 aliphatic heterocycles. The van der Waals surface area contributed by atoms with Crippen LogP contribution < -0.4 is 15.0 Å². The zero-order chi connectivity index (χ0) is 17.4. The van der Waals surface area contributed by atoms with Gasteiger partial charge in [-0.3, -0.25) is 9.59 Å². The molecule has 25 heavy (non-hydrogen) atoms. The largest absolute Gasteiger partial charge is 0.482 e. The molecular formula is C18H19N3O3S. The van der Waals surface area contributed by atoms with Crippen LogP contribution in [0.2, 0.25) is 0 Å². The summed E-state index contributed by atoms with van der Waals surface area (Å²) < 4.78 is 5.53. The molecule has 0 saturated heterocycles. The van der Waals surface area contributed by atoms with Crippen LogP contribution in [0.25, 0.3) is 11.3 Å². The fourth-order valence-corrected chi connectivity index (χ4v) is 3.57. The summed E-state index contributed by atoms with van der Waals surface area (Å²) in [5, 5.41) is 5.40. The van der Waals surface area contributed by atoms with Gasteiger partial charge in [-0.25, -0.2) is 4.98 Å². The molecule has 1 aromatic heterocycles. The van der Waals surface area contributed by atoms with Crippen molar-refractivity contribution in [2.75, 3.05) is 23.4 Å². The van der Waals surface area contributed by atoms with Crippen LogP contribution in [0, 0.1) is 5.92 Å². The van der Waals surface area contributed by atoms with E-state index < -0.39 is 0 Å². The third-order valence-electron chi connectivity index (χ3n) is 4.33. The van der Waals surface area contributed by atoms with Crippen LogP contribution in [-0.2, 0) is 9.59 Å². The number of rotatable bonds is 5. The zero-order valence-corrected chi connectivity index (χ0v) is 14.8. The molecule has 0 unspecified atom stereocenters. The van der Waals surface area contributed by atoms with Crippen molar-refractivity contribution < 1.29 is 14.3 Å². The molecule has 2 aromatic rings.